The summed E-state index contributed by atoms with van der Waals surface area (Å²) in [7, 11) is 0. The molecule has 1 aromatic carbocycles. The number of hydrogen-bond acceptors (Lipinski definition) is 6. The van der Waals surface area contributed by atoms with Gasteiger partial charge in [0.25, 0.3) is 0 Å². The molecule has 186 valence electrons. The van der Waals surface area contributed by atoms with Crippen molar-refractivity contribution in [3.8, 4) is 17.1 Å². The number of nitrogens with zero attached hydrogens (tertiary/aromatic N) is 6. The van der Waals surface area contributed by atoms with Crippen molar-refractivity contribution in [1.29, 1.82) is 0 Å². The number of amides is 1. The Balaban J connectivity index is 1.37. The molecule has 0 spiro atoms. The van der Waals surface area contributed by atoms with Gasteiger partial charge in [0.05, 0.1) is 36.4 Å². The van der Waals surface area contributed by atoms with Crippen LogP contribution in [0.2, 0.25) is 0 Å². The summed E-state index contributed by atoms with van der Waals surface area (Å²) < 4.78 is 20.6. The SMILES string of the molecule is CCc1c(-c2ccc(F)cc2)n[nH]c1Cc1cc(-n2ncc3c2CN(C(=O)OC(C)(C)C)C3)ncn1. The molecule has 4 aromatic rings. The number of nitrogens with one attached hydrogen (secondary N) is 1. The van der Waals surface area contributed by atoms with E-state index in [1.165, 1.54) is 18.5 Å². The first-order valence-electron chi connectivity index (χ1n) is 11.9. The fraction of sp³-hybridized carbons (Fsp3) is 0.346. The summed E-state index contributed by atoms with van der Waals surface area (Å²) in [5.41, 5.74) is 5.80. The van der Waals surface area contributed by atoms with Crippen LogP contribution in [0.4, 0.5) is 9.18 Å². The number of carbonyl (C=O) groups excluding carboxylic acids is 1. The second-order valence-corrected chi connectivity index (χ2v) is 9.80. The molecule has 3 aromatic heterocycles. The molecule has 0 fully saturated rings. The summed E-state index contributed by atoms with van der Waals surface area (Å²) in [6, 6.07) is 8.23. The number of halogens is 1. The summed E-state index contributed by atoms with van der Waals surface area (Å²) in [4.78, 5) is 23.1. The lowest BCUT2D eigenvalue weighted by atomic mass is 10.0. The predicted octanol–water partition coefficient (Wildman–Crippen LogP) is 4.60. The van der Waals surface area contributed by atoms with Gasteiger partial charge in [-0.15, -0.1) is 0 Å². The summed E-state index contributed by atoms with van der Waals surface area (Å²) in [6.07, 6.45) is 4.23. The molecule has 5 rings (SSSR count). The largest absolute Gasteiger partial charge is 0.444 e. The lowest BCUT2D eigenvalue weighted by molar-refractivity contribution is 0.0239. The van der Waals surface area contributed by atoms with Crippen LogP contribution in [0.5, 0.6) is 0 Å². The third-order valence-electron chi connectivity index (χ3n) is 6.02. The van der Waals surface area contributed by atoms with Crippen LogP contribution >= 0.6 is 0 Å². The highest BCUT2D eigenvalue weighted by molar-refractivity contribution is 5.69. The van der Waals surface area contributed by atoms with Crippen molar-refractivity contribution < 1.29 is 13.9 Å². The zero-order valence-electron chi connectivity index (χ0n) is 20.7. The van der Waals surface area contributed by atoms with Crippen LogP contribution in [0.1, 0.15) is 55.9 Å². The van der Waals surface area contributed by atoms with Crippen LogP contribution in [-0.2, 0) is 30.7 Å². The van der Waals surface area contributed by atoms with Crippen molar-refractivity contribution in [1.82, 2.24) is 34.8 Å². The van der Waals surface area contributed by atoms with Gasteiger partial charge in [0.2, 0.25) is 0 Å². The maximum atomic E-state index is 13.4. The maximum absolute atomic E-state index is 13.4. The maximum Gasteiger partial charge on any atom is 0.410 e. The highest BCUT2D eigenvalue weighted by Gasteiger charge is 2.31. The van der Waals surface area contributed by atoms with Crippen LogP contribution in [0.15, 0.2) is 42.9 Å². The highest BCUT2D eigenvalue weighted by atomic mass is 19.1. The molecule has 4 heterocycles. The van der Waals surface area contributed by atoms with Crippen LogP contribution in [0.25, 0.3) is 17.1 Å². The van der Waals surface area contributed by atoms with Gasteiger partial charge < -0.3 is 4.74 Å². The van der Waals surface area contributed by atoms with E-state index in [0.717, 1.165) is 45.9 Å². The molecule has 0 atom stereocenters. The number of aromatic amines is 1. The van der Waals surface area contributed by atoms with Crippen LogP contribution in [-0.4, -0.2) is 46.5 Å². The molecule has 0 bridgehead atoms. The monoisotopic (exact) mass is 489 g/mol. The minimum Gasteiger partial charge on any atom is -0.444 e. The summed E-state index contributed by atoms with van der Waals surface area (Å²) in [5.74, 6) is 0.351. The van der Waals surface area contributed by atoms with Gasteiger partial charge in [-0.2, -0.15) is 10.2 Å². The number of benzene rings is 1. The van der Waals surface area contributed by atoms with E-state index in [1.54, 1.807) is 27.9 Å². The second-order valence-electron chi connectivity index (χ2n) is 9.80. The Kier molecular flexibility index (Phi) is 6.03. The number of fused-ring (bicyclic) bond motifs is 1. The third kappa shape index (κ3) is 4.71. The van der Waals surface area contributed by atoms with E-state index in [1.807, 2.05) is 26.8 Å². The van der Waals surface area contributed by atoms with Crippen molar-refractivity contribution in [2.75, 3.05) is 0 Å². The van der Waals surface area contributed by atoms with Gasteiger partial charge in [0.1, 0.15) is 17.7 Å². The molecular weight excluding hydrogens is 461 g/mol. The molecule has 36 heavy (non-hydrogen) atoms. The lowest BCUT2D eigenvalue weighted by Gasteiger charge is -2.24. The first-order valence-corrected chi connectivity index (χ1v) is 11.9. The molecule has 1 aliphatic rings. The molecule has 0 radical (unpaired) electrons. The molecule has 9 nitrogen and oxygen atoms in total. The fourth-order valence-corrected chi connectivity index (χ4v) is 4.36. The van der Waals surface area contributed by atoms with Crippen molar-refractivity contribution in [3.63, 3.8) is 0 Å². The average Bonchev–Trinajstić information content (AvgIpc) is 3.53. The van der Waals surface area contributed by atoms with E-state index in [0.29, 0.717) is 25.3 Å². The second kappa shape index (κ2) is 9.18. The quantitative estimate of drug-likeness (QED) is 0.440. The van der Waals surface area contributed by atoms with E-state index >= 15 is 0 Å². The standard InChI is InChI=1S/C26H28FN7O2/c1-5-20-21(31-32-24(20)16-6-8-18(27)9-7-16)10-19-11-23(29-15-28-19)34-22-14-33(13-17(22)12-30-34)25(35)36-26(2,3)4/h6-9,11-12,15H,5,10,13-14H2,1-4H3,(H,31,32). The third-order valence-corrected chi connectivity index (χ3v) is 6.02. The van der Waals surface area contributed by atoms with Crippen molar-refractivity contribution in [3.05, 3.63) is 76.9 Å². The molecule has 0 unspecified atom stereocenters. The molecule has 1 amide bonds. The Morgan fingerprint density at radius 1 is 1.17 bits per heavy atom. The van der Waals surface area contributed by atoms with Gasteiger partial charge >= 0.3 is 6.09 Å². The van der Waals surface area contributed by atoms with Gasteiger partial charge in [0.15, 0.2) is 5.82 Å². The fourth-order valence-electron chi connectivity index (χ4n) is 4.36. The topological polar surface area (TPSA) is 102 Å². The lowest BCUT2D eigenvalue weighted by Crippen LogP contribution is -2.33. The van der Waals surface area contributed by atoms with E-state index < -0.39 is 5.60 Å². The Morgan fingerprint density at radius 2 is 1.94 bits per heavy atom. The van der Waals surface area contributed by atoms with Crippen LogP contribution in [0.3, 0.4) is 0 Å². The minimum atomic E-state index is -0.556. The van der Waals surface area contributed by atoms with Gasteiger partial charge in [-0.05, 0) is 51.5 Å². The summed E-state index contributed by atoms with van der Waals surface area (Å²) >= 11 is 0. The normalized spacial score (nSPS) is 13.2. The molecule has 0 aliphatic carbocycles. The molecule has 1 N–H and O–H groups in total. The van der Waals surface area contributed by atoms with E-state index in [2.05, 4.69) is 32.2 Å². The van der Waals surface area contributed by atoms with Gasteiger partial charge in [-0.1, -0.05) is 6.92 Å². The smallest absolute Gasteiger partial charge is 0.410 e. The summed E-state index contributed by atoms with van der Waals surface area (Å²) in [5, 5.41) is 12.1. The van der Waals surface area contributed by atoms with Gasteiger partial charge in [-0.25, -0.2) is 23.8 Å². The van der Waals surface area contributed by atoms with E-state index in [9.17, 15) is 9.18 Å². The molecule has 0 saturated carbocycles. The Morgan fingerprint density at radius 3 is 2.67 bits per heavy atom. The molecule has 10 heteroatoms. The number of rotatable bonds is 5. The zero-order chi connectivity index (χ0) is 25.4. The Hall–Kier alpha value is -4.08. The number of hydrogen-bond donors (Lipinski definition) is 1. The van der Waals surface area contributed by atoms with Crippen molar-refractivity contribution in [2.24, 2.45) is 0 Å². The molecule has 1 aliphatic heterocycles. The molecule has 0 saturated heterocycles. The highest BCUT2D eigenvalue weighted by Crippen LogP contribution is 2.28. The zero-order valence-corrected chi connectivity index (χ0v) is 20.7. The Bertz CT molecular complexity index is 1400. The van der Waals surface area contributed by atoms with Gasteiger partial charge in [0, 0.05) is 34.9 Å². The first-order chi connectivity index (χ1) is 17.2. The number of aromatic nitrogens is 6. The average molecular weight is 490 g/mol. The molecular formula is C26H28FN7O2. The number of ether oxygens (including phenoxy) is 1. The number of carbonyl (C=O) groups is 1. The van der Waals surface area contributed by atoms with Crippen LogP contribution in [0, 0.1) is 5.82 Å². The minimum absolute atomic E-state index is 0.277. The van der Waals surface area contributed by atoms with Crippen molar-refractivity contribution in [2.45, 2.75) is 59.2 Å². The van der Waals surface area contributed by atoms with Crippen LogP contribution < -0.4 is 0 Å². The number of H-pyrrole nitrogens is 1. The van der Waals surface area contributed by atoms with Gasteiger partial charge in [-0.3, -0.25) is 10.00 Å². The predicted molar refractivity (Wildman–Crippen MR) is 131 cm³/mol. The Labute approximate surface area is 208 Å². The van der Waals surface area contributed by atoms with E-state index in [4.69, 9.17) is 4.74 Å². The first kappa shape index (κ1) is 23.7. The van der Waals surface area contributed by atoms with Crippen molar-refractivity contribution >= 4 is 6.09 Å². The van der Waals surface area contributed by atoms with E-state index in [-0.39, 0.29) is 11.9 Å². The summed E-state index contributed by atoms with van der Waals surface area (Å²) in [6.45, 7) is 8.46.